The topological polar surface area (TPSA) is 219 Å². The van der Waals surface area contributed by atoms with Crippen LogP contribution in [0, 0.1) is 10.8 Å². The van der Waals surface area contributed by atoms with Crippen LogP contribution in [0.3, 0.4) is 0 Å². The predicted molar refractivity (Wildman–Crippen MR) is 187 cm³/mol. The fourth-order valence-electron chi connectivity index (χ4n) is 5.09. The van der Waals surface area contributed by atoms with E-state index in [1.807, 2.05) is 0 Å². The van der Waals surface area contributed by atoms with Crippen LogP contribution in [0.4, 0.5) is 0 Å². The second-order valence-corrected chi connectivity index (χ2v) is 11.9. The molecule has 5 aromatic rings. The number of carbonyl (C=O) groups is 4. The Labute approximate surface area is 292 Å². The van der Waals surface area contributed by atoms with E-state index < -0.39 is 46.7 Å². The van der Waals surface area contributed by atoms with Crippen molar-refractivity contribution in [2.24, 2.45) is 0 Å². The van der Waals surface area contributed by atoms with Crippen LogP contribution in [0.5, 0.6) is 0 Å². The molecular weight excluding hydrogens is 652 g/mol. The van der Waals surface area contributed by atoms with Crippen molar-refractivity contribution in [3.63, 3.8) is 0 Å². The molecule has 5 rings (SSSR count). The molecule has 0 spiro atoms. The van der Waals surface area contributed by atoms with E-state index in [-0.39, 0.29) is 22.9 Å². The molecule has 13 nitrogen and oxygen atoms in total. The van der Waals surface area contributed by atoms with E-state index in [1.54, 1.807) is 84.9 Å². The molecule has 1 heterocycles. The molecule has 0 unspecified atom stereocenters. The minimum Gasteiger partial charge on any atom is -0.416 e. The largest absolute Gasteiger partial charge is 0.416 e. The van der Waals surface area contributed by atoms with Gasteiger partial charge in [-0.2, -0.15) is 0 Å². The Hall–Kier alpha value is -6.44. The third-order valence-corrected chi connectivity index (χ3v) is 8.29. The van der Waals surface area contributed by atoms with Gasteiger partial charge in [0.1, 0.15) is 12.1 Å². The van der Waals surface area contributed by atoms with Crippen LogP contribution >= 0.6 is 0 Å². The lowest BCUT2D eigenvalue weighted by atomic mass is 9.94. The maximum absolute atomic E-state index is 13.1. The first-order valence-corrected chi connectivity index (χ1v) is 15.7. The first kappa shape index (κ1) is 35.9. The normalized spacial score (nSPS) is 14.5. The van der Waals surface area contributed by atoms with Gasteiger partial charge in [-0.1, -0.05) is 84.9 Å². The van der Waals surface area contributed by atoms with Gasteiger partial charge in [0, 0.05) is 34.7 Å². The smallest absolute Gasteiger partial charge is 0.257 e. The second kappa shape index (κ2) is 15.0. The van der Waals surface area contributed by atoms with Gasteiger partial charge in [0.2, 0.25) is 11.8 Å². The number of nitrogens with zero attached hydrogens (tertiary/aromatic N) is 2. The molecule has 0 radical (unpaired) electrons. The Bertz CT molecular complexity index is 1910. The number of aromatic nitrogens is 2. The molecule has 0 bridgehead atoms. The highest BCUT2D eigenvalue weighted by molar-refractivity contribution is 6.12. The Morgan fingerprint density at radius 3 is 1.25 bits per heavy atom. The molecule has 6 N–H and O–H groups in total. The van der Waals surface area contributed by atoms with Crippen molar-refractivity contribution in [2.75, 3.05) is 0 Å². The van der Waals surface area contributed by atoms with Gasteiger partial charge in [-0.25, -0.2) is 0 Å². The van der Waals surface area contributed by atoms with E-state index in [0.717, 1.165) is 12.4 Å². The Kier molecular flexibility index (Phi) is 10.5. The quantitative estimate of drug-likeness (QED) is 0.0737. The molecular formula is C38H34N6O7. The number of carbonyl (C=O) groups excluding carboxylic acids is 4. The van der Waals surface area contributed by atoms with Crippen molar-refractivity contribution < 1.29 is 33.8 Å². The molecule has 4 atom stereocenters. The van der Waals surface area contributed by atoms with Crippen molar-refractivity contribution in [3.05, 3.63) is 131 Å². The number of rotatable bonds is 14. The molecule has 258 valence electrons. The highest BCUT2D eigenvalue weighted by Gasteiger charge is 2.36. The van der Waals surface area contributed by atoms with Crippen LogP contribution in [0.15, 0.2) is 114 Å². The van der Waals surface area contributed by atoms with Crippen LogP contribution in [-0.2, 0) is 20.8 Å². The van der Waals surface area contributed by atoms with Gasteiger partial charge < -0.3 is 36.1 Å². The van der Waals surface area contributed by atoms with Crippen molar-refractivity contribution in [3.8, 4) is 22.9 Å². The fourth-order valence-corrected chi connectivity index (χ4v) is 5.09. The van der Waals surface area contributed by atoms with Crippen molar-refractivity contribution in [1.82, 2.24) is 20.8 Å². The van der Waals surface area contributed by atoms with Gasteiger partial charge in [-0.3, -0.25) is 19.2 Å². The highest BCUT2D eigenvalue weighted by Crippen LogP contribution is 2.26. The second-order valence-electron chi connectivity index (χ2n) is 11.9. The summed E-state index contributed by atoms with van der Waals surface area (Å²) in [7, 11) is 0. The Morgan fingerprint density at radius 1 is 0.608 bits per heavy atom. The van der Waals surface area contributed by atoms with Gasteiger partial charge in [0.15, 0.2) is 22.8 Å². The Morgan fingerprint density at radius 2 is 0.941 bits per heavy atom. The summed E-state index contributed by atoms with van der Waals surface area (Å²) >= 11 is 0. The summed E-state index contributed by atoms with van der Waals surface area (Å²) in [5, 5.41) is 50.0. The van der Waals surface area contributed by atoms with Gasteiger partial charge in [0.05, 0.1) is 0 Å². The molecule has 0 aliphatic heterocycles. The lowest BCUT2D eigenvalue weighted by Crippen LogP contribution is -2.50. The summed E-state index contributed by atoms with van der Waals surface area (Å²) in [4.78, 5) is 52.0. The number of amides is 2. The zero-order chi connectivity index (χ0) is 36.8. The number of aliphatic hydroxyl groups is 2. The highest BCUT2D eigenvalue weighted by atomic mass is 16.4. The van der Waals surface area contributed by atoms with Gasteiger partial charge >= 0.3 is 0 Å². The van der Waals surface area contributed by atoms with E-state index in [9.17, 15) is 29.4 Å². The van der Waals surface area contributed by atoms with Gasteiger partial charge in [-0.15, -0.1) is 10.2 Å². The summed E-state index contributed by atoms with van der Waals surface area (Å²) in [5.41, 5.74) is -1.84. The van der Waals surface area contributed by atoms with Crippen LogP contribution in [0.2, 0.25) is 0 Å². The van der Waals surface area contributed by atoms with E-state index in [1.165, 1.54) is 38.1 Å². The first-order valence-electron chi connectivity index (χ1n) is 15.7. The molecule has 0 fully saturated rings. The van der Waals surface area contributed by atoms with E-state index in [4.69, 9.17) is 15.2 Å². The molecule has 13 heteroatoms. The molecule has 1 aromatic heterocycles. The number of benzene rings is 4. The maximum Gasteiger partial charge on any atom is 0.257 e. The number of nitrogens with one attached hydrogen (secondary N) is 4. The lowest BCUT2D eigenvalue weighted by molar-refractivity contribution is -0.139. The average molecular weight is 687 g/mol. The predicted octanol–water partition coefficient (Wildman–Crippen LogP) is 3.85. The van der Waals surface area contributed by atoms with E-state index in [0.29, 0.717) is 22.3 Å². The number of Topliss-reactive ketones (excluding diaryl/α,β-unsaturated/α-hetero) is 2. The zero-order valence-corrected chi connectivity index (χ0v) is 27.5. The summed E-state index contributed by atoms with van der Waals surface area (Å²) in [6, 6.07) is 26.0. The summed E-state index contributed by atoms with van der Waals surface area (Å²) in [6.45, 7) is 2.61. The zero-order valence-electron chi connectivity index (χ0n) is 27.5. The number of ketones is 2. The van der Waals surface area contributed by atoms with Crippen molar-refractivity contribution in [2.45, 2.75) is 37.1 Å². The third-order valence-electron chi connectivity index (χ3n) is 8.29. The summed E-state index contributed by atoms with van der Waals surface area (Å²) < 4.78 is 5.82. The molecule has 0 aliphatic carbocycles. The van der Waals surface area contributed by atoms with Gasteiger partial charge in [0.25, 0.3) is 11.8 Å². The van der Waals surface area contributed by atoms with E-state index in [2.05, 4.69) is 20.8 Å². The van der Waals surface area contributed by atoms with Gasteiger partial charge in [-0.05, 0) is 49.2 Å². The molecule has 2 amide bonds. The summed E-state index contributed by atoms with van der Waals surface area (Å²) in [6.07, 6.45) is 1.58. The minimum atomic E-state index is -1.93. The molecule has 4 aromatic carbocycles. The standard InChI is InChI=1S/C38H34N6O7/c1-37(49,27-9-5-3-6-10-27)35(47)41-29(21-39)31(45)23-13-17-25(18-14-23)33-43-44-34(51-33)26-19-15-24(16-20-26)32(46)30(22-40)42-36(48)38(2,50)28-11-7-4-8-12-28/h3-22,29-30,39-40,49-50H,1-2H3,(H,41,47)(H,42,48)/t29-,30-,37-,38-/m0/s1. The van der Waals surface area contributed by atoms with Crippen LogP contribution < -0.4 is 10.6 Å². The number of hydrogen-bond donors (Lipinski definition) is 6. The van der Waals surface area contributed by atoms with Crippen LogP contribution in [0.1, 0.15) is 45.7 Å². The summed E-state index contributed by atoms with van der Waals surface area (Å²) in [5.74, 6) is -2.54. The minimum absolute atomic E-state index is 0.136. The monoisotopic (exact) mass is 686 g/mol. The molecule has 51 heavy (non-hydrogen) atoms. The molecule has 0 aliphatic rings. The third kappa shape index (κ3) is 7.75. The fraction of sp³-hybridized carbons (Fsp3) is 0.158. The van der Waals surface area contributed by atoms with Crippen molar-refractivity contribution >= 4 is 35.8 Å². The maximum atomic E-state index is 13.1. The first-order chi connectivity index (χ1) is 24.4. The average Bonchev–Trinajstić information content (AvgIpc) is 3.66. The van der Waals surface area contributed by atoms with Crippen LogP contribution in [-0.4, -0.2) is 68.3 Å². The molecule has 0 saturated heterocycles. The van der Waals surface area contributed by atoms with Crippen molar-refractivity contribution in [1.29, 1.82) is 10.8 Å². The SMILES string of the molecule is C[C@@](O)(C(=O)N[C@@H](C=N)C(=O)c1ccc(-c2nnc(-c3ccc(C(=O)[C@H](C=N)NC(=O)[C@@](C)(O)c4ccccc4)cc3)o2)cc1)c1ccccc1. The molecule has 0 saturated carbocycles. The Balaban J connectivity index is 1.23. The van der Waals surface area contributed by atoms with Crippen LogP contribution in [0.25, 0.3) is 22.9 Å². The lowest BCUT2D eigenvalue weighted by Gasteiger charge is -2.24. The number of hydrogen-bond acceptors (Lipinski definition) is 11. The van der Waals surface area contributed by atoms with E-state index >= 15 is 0 Å².